The lowest BCUT2D eigenvalue weighted by atomic mass is 9.49. The van der Waals surface area contributed by atoms with Crippen LogP contribution < -0.4 is 14.8 Å². The molecule has 0 unspecified atom stereocenters. The standard InChI is InChI=1S/C23H31NO3/c1-22(2)12-18-4-3-5-19(21(18)27-22)26-13-20(25)24-14-23-9-15-6-16(10-23)8-17(7-15)11-23/h3-5,15-17H,6-14H2,1-2H3,(H,24,25). The van der Waals surface area contributed by atoms with Crippen molar-refractivity contribution in [2.45, 2.75) is 64.4 Å². The van der Waals surface area contributed by atoms with Gasteiger partial charge < -0.3 is 14.8 Å². The lowest BCUT2D eigenvalue weighted by Crippen LogP contribution is -2.51. The minimum atomic E-state index is -0.206. The molecular formula is C23H31NO3. The molecule has 1 aromatic carbocycles. The molecule has 1 N–H and O–H groups in total. The van der Waals surface area contributed by atoms with E-state index in [0.29, 0.717) is 11.2 Å². The van der Waals surface area contributed by atoms with Crippen molar-refractivity contribution in [2.75, 3.05) is 13.2 Å². The van der Waals surface area contributed by atoms with E-state index in [4.69, 9.17) is 9.47 Å². The fourth-order valence-corrected chi connectivity index (χ4v) is 6.69. The number of carbonyl (C=O) groups is 1. The molecule has 4 nitrogen and oxygen atoms in total. The van der Waals surface area contributed by atoms with Crippen LogP contribution in [0.3, 0.4) is 0 Å². The summed E-state index contributed by atoms with van der Waals surface area (Å²) in [6, 6.07) is 5.95. The molecule has 6 rings (SSSR count). The minimum Gasteiger partial charge on any atom is -0.483 e. The topological polar surface area (TPSA) is 47.6 Å². The molecule has 0 atom stereocenters. The van der Waals surface area contributed by atoms with E-state index in [1.807, 2.05) is 12.1 Å². The Morgan fingerprint density at radius 1 is 1.15 bits per heavy atom. The van der Waals surface area contributed by atoms with Crippen LogP contribution in [0.5, 0.6) is 11.5 Å². The van der Waals surface area contributed by atoms with Gasteiger partial charge in [-0.1, -0.05) is 12.1 Å². The third kappa shape index (κ3) is 3.32. The summed E-state index contributed by atoms with van der Waals surface area (Å²) in [6.45, 7) is 5.05. The molecule has 0 saturated heterocycles. The Labute approximate surface area is 162 Å². The van der Waals surface area contributed by atoms with Crippen molar-refractivity contribution in [3.05, 3.63) is 23.8 Å². The van der Waals surface area contributed by atoms with Gasteiger partial charge in [-0.2, -0.15) is 0 Å². The summed E-state index contributed by atoms with van der Waals surface area (Å²) in [5.74, 6) is 4.21. The second-order valence-electron chi connectivity index (χ2n) is 10.3. The van der Waals surface area contributed by atoms with Gasteiger partial charge in [0, 0.05) is 18.5 Å². The Balaban J connectivity index is 1.17. The predicted octanol–water partition coefficient (Wildman–Crippen LogP) is 4.11. The smallest absolute Gasteiger partial charge is 0.257 e. The molecule has 0 radical (unpaired) electrons. The van der Waals surface area contributed by atoms with Gasteiger partial charge in [0.05, 0.1) is 0 Å². The number of benzene rings is 1. The fraction of sp³-hybridized carbons (Fsp3) is 0.696. The van der Waals surface area contributed by atoms with Gasteiger partial charge in [-0.15, -0.1) is 0 Å². The normalized spacial score (nSPS) is 34.8. The van der Waals surface area contributed by atoms with Crippen molar-refractivity contribution in [3.63, 3.8) is 0 Å². The number of ether oxygens (including phenoxy) is 2. The van der Waals surface area contributed by atoms with E-state index >= 15 is 0 Å². The first-order chi connectivity index (χ1) is 12.9. The van der Waals surface area contributed by atoms with Gasteiger partial charge in [-0.25, -0.2) is 0 Å². The van der Waals surface area contributed by atoms with Crippen molar-refractivity contribution in [3.8, 4) is 11.5 Å². The second-order valence-corrected chi connectivity index (χ2v) is 10.3. The largest absolute Gasteiger partial charge is 0.483 e. The third-order valence-corrected chi connectivity index (χ3v) is 7.24. The van der Waals surface area contributed by atoms with Crippen LogP contribution in [0.15, 0.2) is 18.2 Å². The molecule has 4 saturated carbocycles. The average molecular weight is 370 g/mol. The summed E-state index contributed by atoms with van der Waals surface area (Å²) in [6.07, 6.45) is 9.13. The van der Waals surface area contributed by atoms with Crippen molar-refractivity contribution in [1.29, 1.82) is 0 Å². The van der Waals surface area contributed by atoms with E-state index in [0.717, 1.165) is 42.0 Å². The number of rotatable bonds is 5. The van der Waals surface area contributed by atoms with E-state index in [1.165, 1.54) is 38.5 Å². The highest BCUT2D eigenvalue weighted by atomic mass is 16.5. The molecule has 4 fully saturated rings. The molecule has 1 aromatic rings. The van der Waals surface area contributed by atoms with Gasteiger partial charge in [0.15, 0.2) is 18.1 Å². The number of para-hydroxylation sites is 1. The van der Waals surface area contributed by atoms with Crippen LogP contribution in [-0.4, -0.2) is 24.7 Å². The molecule has 1 heterocycles. The number of nitrogens with one attached hydrogen (secondary N) is 1. The van der Waals surface area contributed by atoms with E-state index in [1.54, 1.807) is 0 Å². The van der Waals surface area contributed by atoms with Gasteiger partial charge in [0.1, 0.15) is 5.60 Å². The van der Waals surface area contributed by atoms with E-state index in [-0.39, 0.29) is 18.1 Å². The molecule has 1 amide bonds. The maximum absolute atomic E-state index is 12.5. The fourth-order valence-electron chi connectivity index (χ4n) is 6.69. The molecule has 4 aliphatic carbocycles. The monoisotopic (exact) mass is 369 g/mol. The predicted molar refractivity (Wildman–Crippen MR) is 104 cm³/mol. The summed E-state index contributed by atoms with van der Waals surface area (Å²) in [5.41, 5.74) is 1.32. The van der Waals surface area contributed by atoms with Gasteiger partial charge >= 0.3 is 0 Å². The Bertz CT molecular complexity index is 719. The van der Waals surface area contributed by atoms with Gasteiger partial charge in [-0.05, 0) is 81.6 Å². The maximum Gasteiger partial charge on any atom is 0.257 e. The van der Waals surface area contributed by atoms with Gasteiger partial charge in [-0.3, -0.25) is 4.79 Å². The zero-order chi connectivity index (χ0) is 18.6. The van der Waals surface area contributed by atoms with E-state index in [2.05, 4.69) is 25.2 Å². The van der Waals surface area contributed by atoms with Crippen LogP contribution in [-0.2, 0) is 11.2 Å². The molecule has 5 aliphatic rings. The molecular weight excluding hydrogens is 338 g/mol. The van der Waals surface area contributed by atoms with Crippen LogP contribution in [0, 0.1) is 23.2 Å². The molecule has 146 valence electrons. The van der Waals surface area contributed by atoms with E-state index in [9.17, 15) is 4.79 Å². The van der Waals surface area contributed by atoms with Crippen LogP contribution >= 0.6 is 0 Å². The zero-order valence-electron chi connectivity index (χ0n) is 16.6. The summed E-state index contributed by atoms with van der Waals surface area (Å²) in [5, 5.41) is 3.19. The SMILES string of the molecule is CC1(C)Cc2cccc(OCC(=O)NCC34CC5CC(CC(C5)C3)C4)c2O1. The number of amides is 1. The Morgan fingerprint density at radius 3 is 2.48 bits per heavy atom. The van der Waals surface area contributed by atoms with Gasteiger partial charge in [0.25, 0.3) is 5.91 Å². The summed E-state index contributed by atoms with van der Waals surface area (Å²) in [7, 11) is 0. The van der Waals surface area contributed by atoms with Crippen LogP contribution in [0.2, 0.25) is 0 Å². The highest BCUT2D eigenvalue weighted by Crippen LogP contribution is 2.59. The van der Waals surface area contributed by atoms with Crippen LogP contribution in [0.1, 0.15) is 57.9 Å². The first kappa shape index (κ1) is 17.4. The lowest BCUT2D eigenvalue weighted by molar-refractivity contribution is -0.125. The molecule has 27 heavy (non-hydrogen) atoms. The summed E-state index contributed by atoms with van der Waals surface area (Å²) in [4.78, 5) is 12.5. The number of hydrogen-bond acceptors (Lipinski definition) is 3. The summed E-state index contributed by atoms with van der Waals surface area (Å²) >= 11 is 0. The van der Waals surface area contributed by atoms with Crippen molar-refractivity contribution in [1.82, 2.24) is 5.32 Å². The maximum atomic E-state index is 12.5. The molecule has 0 aromatic heterocycles. The lowest BCUT2D eigenvalue weighted by Gasteiger charge is -2.56. The highest BCUT2D eigenvalue weighted by molar-refractivity contribution is 5.77. The number of carbonyl (C=O) groups excluding carboxylic acids is 1. The Morgan fingerprint density at radius 2 is 1.81 bits per heavy atom. The first-order valence-electron chi connectivity index (χ1n) is 10.6. The second kappa shape index (κ2) is 6.15. The minimum absolute atomic E-state index is 0.0133. The van der Waals surface area contributed by atoms with Gasteiger partial charge in [0.2, 0.25) is 0 Å². The molecule has 4 heteroatoms. The quantitative estimate of drug-likeness (QED) is 0.850. The molecule has 4 bridgehead atoms. The Hall–Kier alpha value is -1.71. The number of hydrogen-bond donors (Lipinski definition) is 1. The highest BCUT2D eigenvalue weighted by Gasteiger charge is 2.50. The van der Waals surface area contributed by atoms with Crippen LogP contribution in [0.25, 0.3) is 0 Å². The van der Waals surface area contributed by atoms with Crippen molar-refractivity contribution in [2.24, 2.45) is 23.2 Å². The van der Waals surface area contributed by atoms with Crippen molar-refractivity contribution >= 4 is 5.91 Å². The summed E-state index contributed by atoms with van der Waals surface area (Å²) < 4.78 is 11.9. The molecule has 1 aliphatic heterocycles. The number of fused-ring (bicyclic) bond motifs is 1. The zero-order valence-corrected chi connectivity index (χ0v) is 16.6. The molecule has 0 spiro atoms. The third-order valence-electron chi connectivity index (χ3n) is 7.24. The first-order valence-corrected chi connectivity index (χ1v) is 10.6. The Kier molecular flexibility index (Phi) is 3.96. The van der Waals surface area contributed by atoms with Crippen molar-refractivity contribution < 1.29 is 14.3 Å². The average Bonchev–Trinajstić information content (AvgIpc) is 2.91. The van der Waals surface area contributed by atoms with E-state index < -0.39 is 0 Å². The van der Waals surface area contributed by atoms with Crippen LogP contribution in [0.4, 0.5) is 0 Å².